The third-order valence-corrected chi connectivity index (χ3v) is 3.26. The maximum absolute atomic E-state index is 2.94. The van der Waals surface area contributed by atoms with Crippen LogP contribution in [0.25, 0.3) is 0 Å². The number of rotatable bonds is 8. The first kappa shape index (κ1) is 12.4. The van der Waals surface area contributed by atoms with Crippen LogP contribution in [0.3, 0.4) is 0 Å². The molecular formula is C11H25P. The molecule has 0 saturated heterocycles. The van der Waals surface area contributed by atoms with Gasteiger partial charge in [0.1, 0.15) is 0 Å². The summed E-state index contributed by atoms with van der Waals surface area (Å²) in [6.07, 6.45) is 11.3. The van der Waals surface area contributed by atoms with Gasteiger partial charge >= 0.3 is 0 Å². The minimum Gasteiger partial charge on any atom is -0.134 e. The highest BCUT2D eigenvalue weighted by Crippen LogP contribution is 2.15. The molecule has 74 valence electrons. The highest BCUT2D eigenvalue weighted by molar-refractivity contribution is 7.17. The Kier molecular flexibility index (Phi) is 9.86. The van der Waals surface area contributed by atoms with Crippen molar-refractivity contribution in [3.8, 4) is 0 Å². The van der Waals surface area contributed by atoms with Crippen LogP contribution in [0.2, 0.25) is 0 Å². The second kappa shape index (κ2) is 9.52. The van der Waals surface area contributed by atoms with Gasteiger partial charge in [-0.25, -0.2) is 0 Å². The van der Waals surface area contributed by atoms with Gasteiger partial charge in [-0.3, -0.25) is 0 Å². The molecule has 12 heavy (non-hydrogen) atoms. The largest absolute Gasteiger partial charge is 0.134 e. The van der Waals surface area contributed by atoms with Crippen LogP contribution in [-0.4, -0.2) is 5.66 Å². The molecule has 0 heterocycles. The van der Waals surface area contributed by atoms with Crippen molar-refractivity contribution < 1.29 is 0 Å². The van der Waals surface area contributed by atoms with Gasteiger partial charge in [-0.05, 0) is 18.5 Å². The van der Waals surface area contributed by atoms with Gasteiger partial charge < -0.3 is 0 Å². The van der Waals surface area contributed by atoms with E-state index in [-0.39, 0.29) is 0 Å². The zero-order chi connectivity index (χ0) is 9.23. The summed E-state index contributed by atoms with van der Waals surface area (Å²) in [5.74, 6) is 0. The zero-order valence-corrected chi connectivity index (χ0v) is 9.97. The second-order valence-electron chi connectivity index (χ2n) is 3.72. The van der Waals surface area contributed by atoms with Gasteiger partial charge in [0, 0.05) is 0 Å². The molecule has 0 amide bonds. The van der Waals surface area contributed by atoms with Crippen molar-refractivity contribution in [1.29, 1.82) is 0 Å². The molecule has 2 unspecified atom stereocenters. The molecule has 2 atom stereocenters. The summed E-state index contributed by atoms with van der Waals surface area (Å²) in [6, 6.07) is 0. The lowest BCUT2D eigenvalue weighted by Gasteiger charge is -2.06. The fraction of sp³-hybridized carbons (Fsp3) is 1.00. The van der Waals surface area contributed by atoms with E-state index in [2.05, 4.69) is 23.1 Å². The fourth-order valence-corrected chi connectivity index (χ4v) is 1.63. The van der Waals surface area contributed by atoms with Crippen LogP contribution in [0.15, 0.2) is 0 Å². The van der Waals surface area contributed by atoms with Crippen LogP contribution in [-0.2, 0) is 0 Å². The molecule has 0 rings (SSSR count). The molecule has 0 saturated carbocycles. The standard InChI is InChI=1S/C11H25P/c1-3-5-6-7-8-9-10-11(12)4-2/h11H,3-10,12H2,1-2H3. The fourth-order valence-electron chi connectivity index (χ4n) is 1.39. The van der Waals surface area contributed by atoms with Gasteiger partial charge in [-0.15, -0.1) is 9.24 Å². The van der Waals surface area contributed by atoms with Crippen molar-refractivity contribution in [3.05, 3.63) is 0 Å². The maximum Gasteiger partial charge on any atom is -0.0267 e. The Morgan fingerprint density at radius 3 is 2.08 bits per heavy atom. The number of hydrogen-bond acceptors (Lipinski definition) is 0. The molecule has 0 N–H and O–H groups in total. The maximum atomic E-state index is 2.94. The highest BCUT2D eigenvalue weighted by atomic mass is 31.0. The Hall–Kier alpha value is 0.430. The van der Waals surface area contributed by atoms with Crippen LogP contribution < -0.4 is 0 Å². The predicted molar refractivity (Wildman–Crippen MR) is 61.8 cm³/mol. The lowest BCUT2D eigenvalue weighted by Crippen LogP contribution is -1.94. The predicted octanol–water partition coefficient (Wildman–Crippen LogP) is 4.39. The van der Waals surface area contributed by atoms with Crippen molar-refractivity contribution in [2.24, 2.45) is 0 Å². The molecule has 0 spiro atoms. The van der Waals surface area contributed by atoms with E-state index in [0.29, 0.717) is 0 Å². The molecule has 0 aromatic rings. The van der Waals surface area contributed by atoms with Gasteiger partial charge in [0.2, 0.25) is 0 Å². The van der Waals surface area contributed by atoms with Crippen LogP contribution in [0.5, 0.6) is 0 Å². The van der Waals surface area contributed by atoms with Crippen molar-refractivity contribution >= 4 is 9.24 Å². The summed E-state index contributed by atoms with van der Waals surface area (Å²) >= 11 is 0. The van der Waals surface area contributed by atoms with Gasteiger partial charge in [-0.1, -0.05) is 52.4 Å². The van der Waals surface area contributed by atoms with Crippen LogP contribution in [0.4, 0.5) is 0 Å². The van der Waals surface area contributed by atoms with E-state index in [0.717, 1.165) is 5.66 Å². The summed E-state index contributed by atoms with van der Waals surface area (Å²) < 4.78 is 0. The van der Waals surface area contributed by atoms with E-state index >= 15 is 0 Å². The lowest BCUT2D eigenvalue weighted by molar-refractivity contribution is 0.577. The second-order valence-corrected chi connectivity index (χ2v) is 4.67. The molecule has 0 aliphatic heterocycles. The van der Waals surface area contributed by atoms with E-state index in [9.17, 15) is 0 Å². The minimum absolute atomic E-state index is 0.871. The summed E-state index contributed by atoms with van der Waals surface area (Å²) in [6.45, 7) is 4.55. The Morgan fingerprint density at radius 2 is 1.50 bits per heavy atom. The first-order valence-corrected chi connectivity index (χ1v) is 6.23. The Bertz CT molecular complexity index is 81.1. The monoisotopic (exact) mass is 188 g/mol. The van der Waals surface area contributed by atoms with Crippen LogP contribution >= 0.6 is 9.24 Å². The minimum atomic E-state index is 0.871. The molecule has 0 aliphatic rings. The highest BCUT2D eigenvalue weighted by Gasteiger charge is 1.97. The average molecular weight is 188 g/mol. The number of hydrogen-bond donors (Lipinski definition) is 0. The smallest absolute Gasteiger partial charge is 0.0267 e. The van der Waals surface area contributed by atoms with Crippen LogP contribution in [0.1, 0.15) is 65.2 Å². The molecular weight excluding hydrogens is 163 g/mol. The average Bonchev–Trinajstić information content (AvgIpc) is 2.10. The Morgan fingerprint density at radius 1 is 0.917 bits per heavy atom. The quantitative estimate of drug-likeness (QED) is 0.391. The van der Waals surface area contributed by atoms with Gasteiger partial charge in [0.25, 0.3) is 0 Å². The summed E-state index contributed by atoms with van der Waals surface area (Å²) in [7, 11) is 2.94. The van der Waals surface area contributed by atoms with Gasteiger partial charge in [-0.2, -0.15) is 0 Å². The van der Waals surface area contributed by atoms with Crippen molar-refractivity contribution in [1.82, 2.24) is 0 Å². The van der Waals surface area contributed by atoms with E-state index < -0.39 is 0 Å². The third kappa shape index (κ3) is 8.53. The molecule has 0 aromatic carbocycles. The summed E-state index contributed by atoms with van der Waals surface area (Å²) in [5.41, 5.74) is 0.871. The molecule has 1 heteroatoms. The lowest BCUT2D eigenvalue weighted by atomic mass is 10.1. The topological polar surface area (TPSA) is 0 Å². The van der Waals surface area contributed by atoms with Gasteiger partial charge in [0.15, 0.2) is 0 Å². The Balaban J connectivity index is 2.90. The van der Waals surface area contributed by atoms with E-state index in [1.165, 1.54) is 51.4 Å². The summed E-state index contributed by atoms with van der Waals surface area (Å²) in [5, 5.41) is 0. The normalized spacial score (nSPS) is 13.2. The SMILES string of the molecule is CCCCCCCCC(P)CC. The molecule has 0 bridgehead atoms. The Labute approximate surface area is 80.7 Å². The third-order valence-electron chi connectivity index (χ3n) is 2.45. The van der Waals surface area contributed by atoms with Crippen molar-refractivity contribution in [2.45, 2.75) is 70.9 Å². The van der Waals surface area contributed by atoms with Crippen LogP contribution in [0, 0.1) is 0 Å². The molecule has 0 radical (unpaired) electrons. The van der Waals surface area contributed by atoms with E-state index in [1.54, 1.807) is 0 Å². The van der Waals surface area contributed by atoms with Gasteiger partial charge in [0.05, 0.1) is 0 Å². The molecule has 0 fully saturated rings. The van der Waals surface area contributed by atoms with Crippen molar-refractivity contribution in [2.75, 3.05) is 0 Å². The molecule has 0 aliphatic carbocycles. The molecule has 0 nitrogen and oxygen atoms in total. The summed E-state index contributed by atoms with van der Waals surface area (Å²) in [4.78, 5) is 0. The first-order valence-electron chi connectivity index (χ1n) is 5.56. The van der Waals surface area contributed by atoms with Crippen molar-refractivity contribution in [3.63, 3.8) is 0 Å². The van der Waals surface area contributed by atoms with E-state index in [1.807, 2.05) is 0 Å². The number of unbranched alkanes of at least 4 members (excludes halogenated alkanes) is 5. The van der Waals surface area contributed by atoms with E-state index in [4.69, 9.17) is 0 Å². The molecule has 0 aromatic heterocycles. The first-order chi connectivity index (χ1) is 5.81. The zero-order valence-electron chi connectivity index (χ0n) is 8.81.